The predicted octanol–water partition coefficient (Wildman–Crippen LogP) is 0.0267. The minimum atomic E-state index is 0. The molecule has 1 aromatic heterocycles. The van der Waals surface area contributed by atoms with Crippen LogP contribution in [0.5, 0.6) is 0 Å². The highest BCUT2D eigenvalue weighted by atomic mass is 127. The number of Topliss-reactive ketones (excluding diaryl/α,β-unsaturated/α-hetero) is 1. The zero-order chi connectivity index (χ0) is 13.0. The molecule has 0 amide bonds. The van der Waals surface area contributed by atoms with Crippen molar-refractivity contribution in [2.75, 3.05) is 0 Å². The fourth-order valence-corrected chi connectivity index (χ4v) is 2.70. The molecule has 0 saturated carbocycles. The minimum Gasteiger partial charge on any atom is -1.00 e. The Hall–Kier alpha value is -0.880. The van der Waals surface area contributed by atoms with Crippen molar-refractivity contribution in [1.29, 1.82) is 0 Å². The molecule has 2 rings (SSSR count). The van der Waals surface area contributed by atoms with Crippen molar-refractivity contribution in [3.63, 3.8) is 0 Å². The Labute approximate surface area is 135 Å². The number of benzene rings is 1. The first-order valence-corrected chi connectivity index (χ1v) is 6.70. The number of aryl methyl sites for hydroxylation is 1. The van der Waals surface area contributed by atoms with Gasteiger partial charge < -0.3 is 24.0 Å². The highest BCUT2D eigenvalue weighted by molar-refractivity contribution is 7.99. The summed E-state index contributed by atoms with van der Waals surface area (Å²) >= 11 is 1.69. The second-order valence-corrected chi connectivity index (χ2v) is 5.30. The van der Waals surface area contributed by atoms with E-state index in [1.54, 1.807) is 18.7 Å². The highest BCUT2D eigenvalue weighted by Gasteiger charge is 2.13. The second-order valence-electron chi connectivity index (χ2n) is 4.24. The van der Waals surface area contributed by atoms with Crippen LogP contribution in [0.1, 0.15) is 12.5 Å². The molecular formula is C15H16INOS. The summed E-state index contributed by atoms with van der Waals surface area (Å²) in [6.45, 7) is 4.14. The Kier molecular flexibility index (Phi) is 6.51. The lowest BCUT2D eigenvalue weighted by atomic mass is 10.2. The van der Waals surface area contributed by atoms with E-state index in [1.165, 1.54) is 10.5 Å². The number of hydrogen-bond donors (Lipinski definition) is 0. The van der Waals surface area contributed by atoms with Crippen molar-refractivity contribution in [1.82, 2.24) is 0 Å². The first kappa shape index (κ1) is 16.2. The number of carbonyl (C=O) groups is 1. The lowest BCUT2D eigenvalue weighted by molar-refractivity contribution is -0.720. The molecule has 4 heteroatoms. The van der Waals surface area contributed by atoms with Crippen molar-refractivity contribution in [2.24, 2.45) is 0 Å². The van der Waals surface area contributed by atoms with Crippen molar-refractivity contribution in [2.45, 2.75) is 30.3 Å². The summed E-state index contributed by atoms with van der Waals surface area (Å²) in [7, 11) is 0. The standard InChI is InChI=1S/C15H16NOS.HI/c1-12-7-3-4-8-14(12)18-15-9-5-6-10-16(15)11-13(2)17;/h3-10H,11H2,1-2H3;1H/q+1;/p-1. The summed E-state index contributed by atoms with van der Waals surface area (Å²) in [6.07, 6.45) is 1.95. The van der Waals surface area contributed by atoms with E-state index < -0.39 is 0 Å². The first-order valence-electron chi connectivity index (χ1n) is 5.88. The van der Waals surface area contributed by atoms with E-state index >= 15 is 0 Å². The normalized spacial score (nSPS) is 9.79. The molecule has 0 atom stereocenters. The summed E-state index contributed by atoms with van der Waals surface area (Å²) in [5.74, 6) is 0.165. The summed E-state index contributed by atoms with van der Waals surface area (Å²) in [6, 6.07) is 14.3. The molecule has 100 valence electrons. The quantitative estimate of drug-likeness (QED) is 0.547. The van der Waals surface area contributed by atoms with Gasteiger partial charge in [-0.25, -0.2) is 0 Å². The molecule has 0 aliphatic carbocycles. The molecule has 19 heavy (non-hydrogen) atoms. The van der Waals surface area contributed by atoms with Gasteiger partial charge in [-0.3, -0.25) is 4.79 Å². The van der Waals surface area contributed by atoms with Gasteiger partial charge in [-0.1, -0.05) is 18.2 Å². The van der Waals surface area contributed by atoms with E-state index in [0.29, 0.717) is 6.54 Å². The largest absolute Gasteiger partial charge is 1.00 e. The maximum Gasteiger partial charge on any atom is 0.245 e. The molecule has 1 heterocycles. The van der Waals surface area contributed by atoms with Gasteiger partial charge in [-0.05, 0) is 36.4 Å². The number of carbonyl (C=O) groups excluding carboxylic acids is 1. The van der Waals surface area contributed by atoms with Crippen LogP contribution in [0.2, 0.25) is 0 Å². The van der Waals surface area contributed by atoms with Crippen LogP contribution in [0, 0.1) is 6.92 Å². The zero-order valence-electron chi connectivity index (χ0n) is 11.0. The molecule has 0 N–H and O–H groups in total. The third-order valence-electron chi connectivity index (χ3n) is 2.60. The summed E-state index contributed by atoms with van der Waals surface area (Å²) in [5.41, 5.74) is 1.25. The number of hydrogen-bond acceptors (Lipinski definition) is 2. The number of aromatic nitrogens is 1. The highest BCUT2D eigenvalue weighted by Crippen LogP contribution is 2.27. The fourth-order valence-electron chi connectivity index (χ4n) is 1.71. The number of halogens is 1. The van der Waals surface area contributed by atoms with E-state index in [1.807, 2.05) is 41.1 Å². The molecule has 2 aromatic rings. The van der Waals surface area contributed by atoms with Crippen molar-refractivity contribution < 1.29 is 33.3 Å². The molecule has 0 radical (unpaired) electrons. The minimum absolute atomic E-state index is 0. The Morgan fingerprint density at radius 1 is 1.16 bits per heavy atom. The number of pyridine rings is 1. The lowest BCUT2D eigenvalue weighted by Gasteiger charge is -2.04. The van der Waals surface area contributed by atoms with Gasteiger partial charge >= 0.3 is 0 Å². The SMILES string of the molecule is CC(=O)C[n+]1ccccc1Sc1ccccc1C.[I-]. The number of ketones is 1. The van der Waals surface area contributed by atoms with Crippen LogP contribution in [0.15, 0.2) is 58.6 Å². The van der Waals surface area contributed by atoms with Gasteiger partial charge in [-0.15, -0.1) is 0 Å². The molecular weight excluding hydrogens is 369 g/mol. The molecule has 0 bridgehead atoms. The summed E-state index contributed by atoms with van der Waals surface area (Å²) < 4.78 is 1.99. The maximum absolute atomic E-state index is 11.3. The molecule has 0 aliphatic heterocycles. The van der Waals surface area contributed by atoms with Gasteiger partial charge in [0.2, 0.25) is 11.6 Å². The first-order chi connectivity index (χ1) is 8.66. The second kappa shape index (κ2) is 7.65. The number of nitrogens with zero attached hydrogens (tertiary/aromatic N) is 1. The fraction of sp³-hybridized carbons (Fsp3) is 0.200. The Morgan fingerprint density at radius 3 is 2.53 bits per heavy atom. The molecule has 0 aliphatic rings. The van der Waals surface area contributed by atoms with Crippen LogP contribution >= 0.6 is 11.8 Å². The van der Waals surface area contributed by atoms with Crippen LogP contribution in [0.4, 0.5) is 0 Å². The van der Waals surface area contributed by atoms with Crippen LogP contribution in [-0.2, 0) is 11.3 Å². The average molecular weight is 385 g/mol. The van der Waals surface area contributed by atoms with Crippen LogP contribution < -0.4 is 28.5 Å². The van der Waals surface area contributed by atoms with Gasteiger partial charge in [0.15, 0.2) is 12.0 Å². The van der Waals surface area contributed by atoms with Crippen molar-refractivity contribution >= 4 is 17.5 Å². The van der Waals surface area contributed by atoms with Gasteiger partial charge in [0.25, 0.3) is 0 Å². The third kappa shape index (κ3) is 4.62. The van der Waals surface area contributed by atoms with Crippen molar-refractivity contribution in [3.8, 4) is 0 Å². The molecule has 0 fully saturated rings. The van der Waals surface area contributed by atoms with Crippen LogP contribution in [-0.4, -0.2) is 5.78 Å². The third-order valence-corrected chi connectivity index (χ3v) is 3.86. The maximum atomic E-state index is 11.3. The topological polar surface area (TPSA) is 20.9 Å². The van der Waals surface area contributed by atoms with Gasteiger partial charge in [0.1, 0.15) is 0 Å². The zero-order valence-corrected chi connectivity index (χ0v) is 13.9. The molecule has 0 spiro atoms. The number of rotatable bonds is 4. The van der Waals surface area contributed by atoms with Gasteiger partial charge in [-0.2, -0.15) is 4.57 Å². The smallest absolute Gasteiger partial charge is 0.245 e. The molecule has 0 saturated heterocycles. The van der Waals surface area contributed by atoms with Crippen LogP contribution in [0.3, 0.4) is 0 Å². The average Bonchev–Trinajstić information content (AvgIpc) is 2.34. The van der Waals surface area contributed by atoms with Gasteiger partial charge in [0.05, 0.1) is 0 Å². The molecule has 2 nitrogen and oxygen atoms in total. The predicted molar refractivity (Wildman–Crippen MR) is 72.6 cm³/mol. The van der Waals surface area contributed by atoms with E-state index in [2.05, 4.69) is 19.1 Å². The van der Waals surface area contributed by atoms with E-state index in [0.717, 1.165) is 5.03 Å². The van der Waals surface area contributed by atoms with E-state index in [4.69, 9.17) is 0 Å². The van der Waals surface area contributed by atoms with E-state index in [9.17, 15) is 4.79 Å². The Bertz CT molecular complexity index is 572. The molecule has 0 unspecified atom stereocenters. The Balaban J connectivity index is 0.00000180. The van der Waals surface area contributed by atoms with Gasteiger partial charge in [0, 0.05) is 24.0 Å². The molecule has 1 aromatic carbocycles. The Morgan fingerprint density at radius 2 is 1.84 bits per heavy atom. The monoisotopic (exact) mass is 385 g/mol. The van der Waals surface area contributed by atoms with E-state index in [-0.39, 0.29) is 29.8 Å². The lowest BCUT2D eigenvalue weighted by Crippen LogP contribution is -3.00. The van der Waals surface area contributed by atoms with Crippen molar-refractivity contribution in [3.05, 3.63) is 54.2 Å². The summed E-state index contributed by atoms with van der Waals surface area (Å²) in [4.78, 5) is 12.5. The van der Waals surface area contributed by atoms with Crippen LogP contribution in [0.25, 0.3) is 0 Å². The summed E-state index contributed by atoms with van der Waals surface area (Å²) in [5, 5.41) is 1.09.